The summed E-state index contributed by atoms with van der Waals surface area (Å²) in [5.41, 5.74) is 0.384. The first-order valence-electron chi connectivity index (χ1n) is 9.76. The maximum atomic E-state index is 12.6. The average Bonchev–Trinajstić information content (AvgIpc) is 2.78. The number of hydrogen-bond acceptors (Lipinski definition) is 7. The molecule has 2 amide bonds. The molecule has 0 radical (unpaired) electrons. The largest absolute Gasteiger partial charge is 0.495 e. The van der Waals surface area contributed by atoms with E-state index in [0.29, 0.717) is 27.9 Å². The number of nitrogens with zero attached hydrogens (tertiary/aromatic N) is 2. The predicted octanol–water partition coefficient (Wildman–Crippen LogP) is 2.18. The highest BCUT2D eigenvalue weighted by molar-refractivity contribution is 6.03. The molecular weight excluding hydrogens is 416 g/mol. The van der Waals surface area contributed by atoms with Crippen LogP contribution >= 0.6 is 0 Å². The molecule has 0 aliphatic rings. The molecule has 3 rings (SSSR count). The molecule has 0 saturated carbocycles. The highest BCUT2D eigenvalue weighted by Gasteiger charge is 2.19. The third-order valence-electron chi connectivity index (χ3n) is 4.49. The van der Waals surface area contributed by atoms with Crippen LogP contribution in [-0.4, -0.2) is 41.3 Å². The van der Waals surface area contributed by atoms with Crippen LogP contribution in [0.1, 0.15) is 24.3 Å². The second-order valence-electron chi connectivity index (χ2n) is 6.74. The lowest BCUT2D eigenvalue weighted by Gasteiger charge is -2.13. The molecule has 0 aliphatic heterocycles. The molecule has 0 aliphatic carbocycles. The van der Waals surface area contributed by atoms with Gasteiger partial charge in [0.05, 0.1) is 18.2 Å². The first-order chi connectivity index (χ1) is 15.3. The van der Waals surface area contributed by atoms with Crippen molar-refractivity contribution < 1.29 is 23.9 Å². The Labute approximate surface area is 183 Å². The molecular formula is C22H22N4O6. The van der Waals surface area contributed by atoms with Gasteiger partial charge in [0.1, 0.15) is 5.75 Å². The van der Waals surface area contributed by atoms with Gasteiger partial charge in [0.15, 0.2) is 12.3 Å². The SMILES string of the molecule is CCn1nc(C(=O)OCC(=O)Nc2cc(NC(C)=O)ccc2OC)c2ccccc2c1=O. The van der Waals surface area contributed by atoms with Crippen molar-refractivity contribution in [3.8, 4) is 5.75 Å². The van der Waals surface area contributed by atoms with Gasteiger partial charge in [-0.25, -0.2) is 9.48 Å². The number of benzene rings is 2. The Morgan fingerprint density at radius 2 is 1.78 bits per heavy atom. The first-order valence-corrected chi connectivity index (χ1v) is 9.76. The van der Waals surface area contributed by atoms with Crippen LogP contribution in [0.2, 0.25) is 0 Å². The van der Waals surface area contributed by atoms with Gasteiger partial charge < -0.3 is 20.1 Å². The number of hydrogen-bond donors (Lipinski definition) is 2. The van der Waals surface area contributed by atoms with Gasteiger partial charge in [-0.05, 0) is 31.2 Å². The van der Waals surface area contributed by atoms with Crippen LogP contribution in [0.4, 0.5) is 11.4 Å². The van der Waals surface area contributed by atoms with Gasteiger partial charge in [-0.1, -0.05) is 18.2 Å². The Hall–Kier alpha value is -4.21. The number of anilines is 2. The number of fused-ring (bicyclic) bond motifs is 1. The smallest absolute Gasteiger partial charge is 0.359 e. The van der Waals surface area contributed by atoms with Crippen molar-refractivity contribution in [2.75, 3.05) is 24.4 Å². The summed E-state index contributed by atoms with van der Waals surface area (Å²) in [5, 5.41) is 9.95. The van der Waals surface area contributed by atoms with Gasteiger partial charge in [-0.3, -0.25) is 14.4 Å². The van der Waals surface area contributed by atoms with Gasteiger partial charge >= 0.3 is 5.97 Å². The molecule has 0 saturated heterocycles. The molecule has 2 aromatic carbocycles. The van der Waals surface area contributed by atoms with Crippen molar-refractivity contribution >= 4 is 39.9 Å². The number of ether oxygens (including phenoxy) is 2. The van der Waals surface area contributed by atoms with E-state index in [4.69, 9.17) is 9.47 Å². The third kappa shape index (κ3) is 4.91. The fourth-order valence-electron chi connectivity index (χ4n) is 3.07. The number of nitrogens with one attached hydrogen (secondary N) is 2. The van der Waals surface area contributed by atoms with Gasteiger partial charge in [-0.15, -0.1) is 0 Å². The van der Waals surface area contributed by atoms with Crippen molar-refractivity contribution in [2.24, 2.45) is 0 Å². The quantitative estimate of drug-likeness (QED) is 0.541. The van der Waals surface area contributed by atoms with Gasteiger partial charge in [0.25, 0.3) is 11.5 Å². The highest BCUT2D eigenvalue weighted by Crippen LogP contribution is 2.27. The van der Waals surface area contributed by atoms with Crippen molar-refractivity contribution in [2.45, 2.75) is 20.4 Å². The van der Waals surface area contributed by atoms with Crippen molar-refractivity contribution in [1.29, 1.82) is 0 Å². The van der Waals surface area contributed by atoms with E-state index in [1.165, 1.54) is 20.1 Å². The maximum Gasteiger partial charge on any atom is 0.359 e. The molecule has 0 atom stereocenters. The van der Waals surface area contributed by atoms with Crippen LogP contribution < -0.4 is 20.9 Å². The standard InChI is InChI=1S/C22H22N4O6/c1-4-26-21(29)16-8-6-5-7-15(16)20(25-26)22(30)32-12-19(28)24-17-11-14(23-13(2)27)9-10-18(17)31-3/h5-11H,4,12H2,1-3H3,(H,23,27)(H,24,28). The maximum absolute atomic E-state index is 12.6. The van der Waals surface area contributed by atoms with Crippen LogP contribution in [0.5, 0.6) is 5.75 Å². The number of esters is 1. The molecule has 166 valence electrons. The number of carbonyl (C=O) groups excluding carboxylic acids is 3. The number of methoxy groups -OCH3 is 1. The Balaban J connectivity index is 1.76. The second-order valence-corrected chi connectivity index (χ2v) is 6.74. The van der Waals surface area contributed by atoms with E-state index in [1.54, 1.807) is 43.3 Å². The first kappa shape index (κ1) is 22.5. The number of aromatic nitrogens is 2. The summed E-state index contributed by atoms with van der Waals surface area (Å²) in [6.07, 6.45) is 0. The molecule has 1 heterocycles. The van der Waals surface area contributed by atoms with Crippen LogP contribution in [0.3, 0.4) is 0 Å². The van der Waals surface area contributed by atoms with E-state index in [9.17, 15) is 19.2 Å². The van der Waals surface area contributed by atoms with Crippen LogP contribution in [0.25, 0.3) is 10.8 Å². The molecule has 10 heteroatoms. The minimum Gasteiger partial charge on any atom is -0.495 e. The Morgan fingerprint density at radius 1 is 1.06 bits per heavy atom. The molecule has 32 heavy (non-hydrogen) atoms. The molecule has 0 fully saturated rings. The lowest BCUT2D eigenvalue weighted by Crippen LogP contribution is -2.27. The Bertz CT molecular complexity index is 1250. The topological polar surface area (TPSA) is 129 Å². The van der Waals surface area contributed by atoms with E-state index in [2.05, 4.69) is 15.7 Å². The number of carbonyl (C=O) groups is 3. The van der Waals surface area contributed by atoms with E-state index < -0.39 is 18.5 Å². The molecule has 3 aromatic rings. The number of aryl methyl sites for hydroxylation is 1. The molecule has 0 spiro atoms. The number of rotatable bonds is 7. The lowest BCUT2D eigenvalue weighted by atomic mass is 10.1. The molecule has 0 unspecified atom stereocenters. The molecule has 2 N–H and O–H groups in total. The monoisotopic (exact) mass is 438 g/mol. The van der Waals surface area contributed by atoms with Gasteiger partial charge in [-0.2, -0.15) is 5.10 Å². The zero-order chi connectivity index (χ0) is 23.3. The Kier molecular flexibility index (Phi) is 6.83. The zero-order valence-electron chi connectivity index (χ0n) is 17.8. The fourth-order valence-corrected chi connectivity index (χ4v) is 3.07. The fraction of sp³-hybridized carbons (Fsp3) is 0.227. The predicted molar refractivity (Wildman–Crippen MR) is 118 cm³/mol. The summed E-state index contributed by atoms with van der Waals surface area (Å²) >= 11 is 0. The van der Waals surface area contributed by atoms with Crippen molar-refractivity contribution in [3.05, 3.63) is 58.5 Å². The lowest BCUT2D eigenvalue weighted by molar-refractivity contribution is -0.119. The van der Waals surface area contributed by atoms with E-state index in [0.717, 1.165) is 4.68 Å². The van der Waals surface area contributed by atoms with Crippen LogP contribution in [0.15, 0.2) is 47.3 Å². The summed E-state index contributed by atoms with van der Waals surface area (Å²) in [7, 11) is 1.43. The van der Waals surface area contributed by atoms with Crippen LogP contribution in [-0.2, 0) is 20.9 Å². The molecule has 0 bridgehead atoms. The van der Waals surface area contributed by atoms with Gasteiger partial charge in [0, 0.05) is 24.5 Å². The summed E-state index contributed by atoms with van der Waals surface area (Å²) in [5.74, 6) is -1.36. The van der Waals surface area contributed by atoms with Gasteiger partial charge in [0.2, 0.25) is 5.91 Å². The molecule has 10 nitrogen and oxygen atoms in total. The Morgan fingerprint density at radius 3 is 2.44 bits per heavy atom. The number of amides is 2. The zero-order valence-corrected chi connectivity index (χ0v) is 17.8. The average molecular weight is 438 g/mol. The third-order valence-corrected chi connectivity index (χ3v) is 4.49. The summed E-state index contributed by atoms with van der Waals surface area (Å²) in [6.45, 7) is 2.78. The van der Waals surface area contributed by atoms with E-state index in [-0.39, 0.29) is 23.7 Å². The minimum absolute atomic E-state index is 0.0555. The minimum atomic E-state index is -0.836. The summed E-state index contributed by atoms with van der Waals surface area (Å²) in [4.78, 5) is 48.7. The van der Waals surface area contributed by atoms with E-state index >= 15 is 0 Å². The second kappa shape index (κ2) is 9.73. The van der Waals surface area contributed by atoms with Crippen molar-refractivity contribution in [1.82, 2.24) is 9.78 Å². The van der Waals surface area contributed by atoms with Crippen molar-refractivity contribution in [3.63, 3.8) is 0 Å². The van der Waals surface area contributed by atoms with E-state index in [1.807, 2.05) is 0 Å². The van der Waals surface area contributed by atoms with Crippen LogP contribution in [0, 0.1) is 0 Å². The highest BCUT2D eigenvalue weighted by atomic mass is 16.5. The molecule has 1 aromatic heterocycles. The normalized spacial score (nSPS) is 10.5. The summed E-state index contributed by atoms with van der Waals surface area (Å²) < 4.78 is 11.5. The summed E-state index contributed by atoms with van der Waals surface area (Å²) in [6, 6.07) is 11.3.